The Bertz CT molecular complexity index is 425. The topological polar surface area (TPSA) is 81.2 Å². The number of nitrogens with zero attached hydrogens (tertiary/aromatic N) is 2. The van der Waals surface area contributed by atoms with Gasteiger partial charge in [0.05, 0.1) is 5.69 Å². The molecular weight excluding hydrogens is 268 g/mol. The van der Waals surface area contributed by atoms with Crippen molar-refractivity contribution in [3.63, 3.8) is 0 Å². The van der Waals surface area contributed by atoms with Gasteiger partial charge < -0.3 is 15.3 Å². The Labute approximate surface area is 126 Å². The fourth-order valence-corrected chi connectivity index (χ4v) is 2.19. The molecule has 0 bridgehead atoms. The Morgan fingerprint density at radius 1 is 1.48 bits per heavy atom. The maximum Gasteiger partial charge on any atom is 0.317 e. The molecule has 1 atom stereocenters. The lowest BCUT2D eigenvalue weighted by Gasteiger charge is -2.18. The first-order chi connectivity index (χ1) is 9.95. The molecule has 0 aliphatic carbocycles. The molecule has 6 heteroatoms. The number of carbonyl (C=O) groups is 1. The lowest BCUT2D eigenvalue weighted by Crippen LogP contribution is -2.38. The first kappa shape index (κ1) is 17.5. The molecule has 0 radical (unpaired) electrons. The minimum atomic E-state index is -0.0548. The van der Waals surface area contributed by atoms with E-state index in [4.69, 9.17) is 5.11 Å². The van der Waals surface area contributed by atoms with Gasteiger partial charge >= 0.3 is 6.03 Å². The summed E-state index contributed by atoms with van der Waals surface area (Å²) in [5, 5.41) is 19.0. The molecule has 0 saturated heterocycles. The predicted molar refractivity (Wildman–Crippen MR) is 83.3 cm³/mol. The van der Waals surface area contributed by atoms with E-state index >= 15 is 0 Å². The van der Waals surface area contributed by atoms with E-state index in [2.05, 4.69) is 15.5 Å². The summed E-state index contributed by atoms with van der Waals surface area (Å²) in [7, 11) is 1.81. The van der Waals surface area contributed by atoms with Crippen molar-refractivity contribution in [1.82, 2.24) is 20.4 Å². The van der Waals surface area contributed by atoms with Crippen LogP contribution in [0.15, 0.2) is 0 Å². The fraction of sp³-hybridized carbons (Fsp3) is 0.733. The minimum Gasteiger partial charge on any atom is -0.396 e. The zero-order chi connectivity index (χ0) is 15.8. The number of nitrogens with one attached hydrogen (secondary N) is 2. The zero-order valence-corrected chi connectivity index (χ0v) is 13.6. The van der Waals surface area contributed by atoms with Gasteiger partial charge in [-0.05, 0) is 44.6 Å². The second kappa shape index (κ2) is 8.67. The molecule has 0 aliphatic rings. The number of urea groups is 1. The molecule has 1 aromatic rings. The van der Waals surface area contributed by atoms with E-state index in [-0.39, 0.29) is 18.6 Å². The second-order valence-electron chi connectivity index (χ2n) is 5.75. The molecule has 3 N–H and O–H groups in total. The molecule has 2 amide bonds. The summed E-state index contributed by atoms with van der Waals surface area (Å²) >= 11 is 0. The highest BCUT2D eigenvalue weighted by atomic mass is 16.3. The average Bonchev–Trinajstić information content (AvgIpc) is 2.78. The number of aromatic amines is 1. The summed E-state index contributed by atoms with van der Waals surface area (Å²) in [6.45, 7) is 7.46. The van der Waals surface area contributed by atoms with Gasteiger partial charge in [0.2, 0.25) is 0 Å². The molecule has 1 aromatic heterocycles. The molecule has 120 valence electrons. The molecule has 21 heavy (non-hydrogen) atoms. The molecule has 1 heterocycles. The van der Waals surface area contributed by atoms with Crippen LogP contribution < -0.4 is 5.32 Å². The molecule has 1 rings (SSSR count). The van der Waals surface area contributed by atoms with Gasteiger partial charge in [-0.3, -0.25) is 5.10 Å². The Balaban J connectivity index is 2.24. The molecule has 0 spiro atoms. The van der Waals surface area contributed by atoms with Crippen molar-refractivity contribution in [2.75, 3.05) is 26.7 Å². The van der Waals surface area contributed by atoms with Crippen LogP contribution in [0.25, 0.3) is 0 Å². The van der Waals surface area contributed by atoms with E-state index in [9.17, 15) is 4.79 Å². The molecule has 0 unspecified atom stereocenters. The third-order valence-electron chi connectivity index (χ3n) is 3.77. The normalized spacial score (nSPS) is 12.2. The fourth-order valence-electron chi connectivity index (χ4n) is 2.19. The van der Waals surface area contributed by atoms with Crippen molar-refractivity contribution in [3.05, 3.63) is 17.0 Å². The molecule has 0 aliphatic heterocycles. The number of aromatic nitrogens is 2. The Kier molecular flexibility index (Phi) is 7.22. The molecule has 0 aromatic carbocycles. The number of hydrogen-bond acceptors (Lipinski definition) is 3. The lowest BCUT2D eigenvalue weighted by atomic mass is 10.1. The summed E-state index contributed by atoms with van der Waals surface area (Å²) in [6.07, 6.45) is 2.63. The number of amides is 2. The third-order valence-corrected chi connectivity index (χ3v) is 3.77. The van der Waals surface area contributed by atoms with Crippen LogP contribution in [-0.4, -0.2) is 53.0 Å². The summed E-state index contributed by atoms with van der Waals surface area (Å²) in [5.74, 6) is 0.225. The van der Waals surface area contributed by atoms with Crippen LogP contribution in [0, 0.1) is 19.8 Å². The van der Waals surface area contributed by atoms with Gasteiger partial charge in [-0.1, -0.05) is 6.92 Å². The number of hydrogen-bond donors (Lipinski definition) is 3. The summed E-state index contributed by atoms with van der Waals surface area (Å²) in [5.41, 5.74) is 3.40. The van der Waals surface area contributed by atoms with Crippen LogP contribution in [0.1, 0.15) is 36.7 Å². The maximum absolute atomic E-state index is 11.9. The van der Waals surface area contributed by atoms with Crippen molar-refractivity contribution in [1.29, 1.82) is 0 Å². The zero-order valence-electron chi connectivity index (χ0n) is 13.6. The van der Waals surface area contributed by atoms with E-state index in [1.54, 1.807) is 11.9 Å². The van der Waals surface area contributed by atoms with Gasteiger partial charge in [0, 0.05) is 32.4 Å². The van der Waals surface area contributed by atoms with E-state index in [0.717, 1.165) is 30.7 Å². The van der Waals surface area contributed by atoms with Gasteiger partial charge in [-0.15, -0.1) is 0 Å². The number of rotatable bonds is 8. The Morgan fingerprint density at radius 2 is 2.19 bits per heavy atom. The van der Waals surface area contributed by atoms with Gasteiger partial charge in [0.15, 0.2) is 0 Å². The standard InChI is InChI=1S/C15H28N4O2/c1-11(10-20)7-8-16-15(21)19(4)9-5-6-14-12(2)17-18-13(14)3/h11,20H,5-10H2,1-4H3,(H,16,21)(H,17,18)/t11-/m1/s1. The molecule has 6 nitrogen and oxygen atoms in total. The number of aliphatic hydroxyl groups excluding tert-OH is 1. The Hall–Kier alpha value is -1.56. The molecular formula is C15H28N4O2. The van der Waals surface area contributed by atoms with Crippen LogP contribution in [-0.2, 0) is 6.42 Å². The van der Waals surface area contributed by atoms with Gasteiger partial charge in [-0.25, -0.2) is 4.79 Å². The highest BCUT2D eigenvalue weighted by Crippen LogP contribution is 2.11. The van der Waals surface area contributed by atoms with E-state index < -0.39 is 0 Å². The monoisotopic (exact) mass is 296 g/mol. The molecule has 0 saturated carbocycles. The first-order valence-electron chi connectivity index (χ1n) is 7.56. The predicted octanol–water partition coefficient (Wildman–Crippen LogP) is 1.62. The second-order valence-corrected chi connectivity index (χ2v) is 5.75. The lowest BCUT2D eigenvalue weighted by molar-refractivity contribution is 0.203. The summed E-state index contributed by atoms with van der Waals surface area (Å²) in [6, 6.07) is -0.0548. The largest absolute Gasteiger partial charge is 0.396 e. The van der Waals surface area contributed by atoms with Gasteiger partial charge in [0.1, 0.15) is 0 Å². The quantitative estimate of drug-likeness (QED) is 0.682. The van der Waals surface area contributed by atoms with Crippen LogP contribution in [0.5, 0.6) is 0 Å². The van der Waals surface area contributed by atoms with E-state index in [0.29, 0.717) is 13.1 Å². The van der Waals surface area contributed by atoms with Gasteiger partial charge in [0.25, 0.3) is 0 Å². The maximum atomic E-state index is 11.9. The summed E-state index contributed by atoms with van der Waals surface area (Å²) in [4.78, 5) is 13.6. The highest BCUT2D eigenvalue weighted by Gasteiger charge is 2.10. The molecule has 0 fully saturated rings. The number of H-pyrrole nitrogens is 1. The minimum absolute atomic E-state index is 0.0548. The summed E-state index contributed by atoms with van der Waals surface area (Å²) < 4.78 is 0. The van der Waals surface area contributed by atoms with Crippen molar-refractivity contribution in [3.8, 4) is 0 Å². The third kappa shape index (κ3) is 5.75. The number of carbonyl (C=O) groups excluding carboxylic acids is 1. The number of aliphatic hydroxyl groups is 1. The first-order valence-corrected chi connectivity index (χ1v) is 7.56. The van der Waals surface area contributed by atoms with Crippen LogP contribution in [0.3, 0.4) is 0 Å². The Morgan fingerprint density at radius 3 is 2.76 bits per heavy atom. The van der Waals surface area contributed by atoms with Crippen LogP contribution in [0.4, 0.5) is 4.79 Å². The average molecular weight is 296 g/mol. The SMILES string of the molecule is Cc1n[nH]c(C)c1CCCN(C)C(=O)NCC[C@@H](C)CO. The van der Waals surface area contributed by atoms with Crippen LogP contribution >= 0.6 is 0 Å². The van der Waals surface area contributed by atoms with Crippen LogP contribution in [0.2, 0.25) is 0 Å². The van der Waals surface area contributed by atoms with Crippen molar-refractivity contribution in [2.24, 2.45) is 5.92 Å². The van der Waals surface area contributed by atoms with Crippen molar-refractivity contribution >= 4 is 6.03 Å². The van der Waals surface area contributed by atoms with Gasteiger partial charge in [-0.2, -0.15) is 5.10 Å². The number of aryl methyl sites for hydroxylation is 2. The van der Waals surface area contributed by atoms with E-state index in [1.165, 1.54) is 5.56 Å². The van der Waals surface area contributed by atoms with Crippen molar-refractivity contribution in [2.45, 2.75) is 40.0 Å². The van der Waals surface area contributed by atoms with Crippen molar-refractivity contribution < 1.29 is 9.90 Å². The smallest absolute Gasteiger partial charge is 0.317 e. The highest BCUT2D eigenvalue weighted by molar-refractivity contribution is 5.73. The van der Waals surface area contributed by atoms with E-state index in [1.807, 2.05) is 20.8 Å².